The summed E-state index contributed by atoms with van der Waals surface area (Å²) in [6, 6.07) is 2.35. The number of aryl methyl sites for hydroxylation is 2. The van der Waals surface area contributed by atoms with Gasteiger partial charge in [0.15, 0.2) is 0 Å². The van der Waals surface area contributed by atoms with Crippen molar-refractivity contribution in [2.45, 2.75) is 19.9 Å². The Morgan fingerprint density at radius 1 is 1.55 bits per heavy atom. The van der Waals surface area contributed by atoms with Gasteiger partial charge in [-0.1, -0.05) is 0 Å². The Labute approximate surface area is 128 Å². The standard InChI is InChI=1S/C13H18N4OS.ClH/c1-8-7-17(5-4-14-8)12(18)11-6-10-9(2)15-16(3)13(10)19-11;/h6,8,14H,4-5,7H2,1-3H3;1H. The lowest BCUT2D eigenvalue weighted by atomic mass is 10.2. The molecule has 1 N–H and O–H groups in total. The Bertz CT molecular complexity index is 601. The zero-order valence-electron chi connectivity index (χ0n) is 11.8. The summed E-state index contributed by atoms with van der Waals surface area (Å²) in [5.74, 6) is 0.147. The number of aromatic nitrogens is 2. The summed E-state index contributed by atoms with van der Waals surface area (Å²) in [6.07, 6.45) is 0. The first kappa shape index (κ1) is 15.3. The smallest absolute Gasteiger partial charge is 0.264 e. The quantitative estimate of drug-likeness (QED) is 0.873. The SMILES string of the molecule is Cc1nn(C)c2sc(C(=O)N3CCNC(C)C3)cc12.Cl. The van der Waals surface area contributed by atoms with Crippen LogP contribution in [0.1, 0.15) is 22.3 Å². The summed E-state index contributed by atoms with van der Waals surface area (Å²) in [5, 5.41) is 8.82. The van der Waals surface area contributed by atoms with Crippen LogP contribution in [0.5, 0.6) is 0 Å². The van der Waals surface area contributed by atoms with Crippen molar-refractivity contribution in [3.8, 4) is 0 Å². The minimum Gasteiger partial charge on any atom is -0.335 e. The number of fused-ring (bicyclic) bond motifs is 1. The van der Waals surface area contributed by atoms with E-state index in [1.165, 1.54) is 11.3 Å². The van der Waals surface area contributed by atoms with Crippen LogP contribution in [0.15, 0.2) is 6.07 Å². The van der Waals surface area contributed by atoms with Crippen molar-refractivity contribution < 1.29 is 4.79 Å². The Morgan fingerprint density at radius 2 is 2.30 bits per heavy atom. The molecule has 0 radical (unpaired) electrons. The Hall–Kier alpha value is -1.11. The largest absolute Gasteiger partial charge is 0.335 e. The van der Waals surface area contributed by atoms with Gasteiger partial charge >= 0.3 is 0 Å². The third-order valence-corrected chi connectivity index (χ3v) is 4.75. The van der Waals surface area contributed by atoms with E-state index in [9.17, 15) is 4.79 Å². The second-order valence-electron chi connectivity index (χ2n) is 5.14. The molecule has 0 bridgehead atoms. The van der Waals surface area contributed by atoms with Gasteiger partial charge in [-0.05, 0) is 19.9 Å². The summed E-state index contributed by atoms with van der Waals surface area (Å²) in [6.45, 7) is 6.53. The molecule has 1 unspecified atom stereocenters. The third kappa shape index (κ3) is 2.55. The number of piperazine rings is 1. The van der Waals surface area contributed by atoms with Crippen molar-refractivity contribution >= 4 is 39.9 Å². The molecule has 1 aliphatic heterocycles. The van der Waals surface area contributed by atoms with Gasteiger partial charge in [-0.3, -0.25) is 9.48 Å². The first-order chi connectivity index (χ1) is 9.06. The number of amides is 1. The number of rotatable bonds is 1. The molecule has 7 heteroatoms. The Morgan fingerprint density at radius 3 is 2.95 bits per heavy atom. The van der Waals surface area contributed by atoms with Crippen molar-refractivity contribution in [1.29, 1.82) is 0 Å². The molecule has 1 atom stereocenters. The van der Waals surface area contributed by atoms with Crippen molar-refractivity contribution in [2.75, 3.05) is 19.6 Å². The molecule has 110 valence electrons. The summed E-state index contributed by atoms with van der Waals surface area (Å²) in [5.41, 5.74) is 0.987. The lowest BCUT2D eigenvalue weighted by Crippen LogP contribution is -2.51. The molecule has 0 spiro atoms. The van der Waals surface area contributed by atoms with Gasteiger partial charge in [0, 0.05) is 38.1 Å². The fourth-order valence-electron chi connectivity index (χ4n) is 2.58. The highest BCUT2D eigenvalue weighted by atomic mass is 35.5. The number of hydrogen-bond acceptors (Lipinski definition) is 4. The van der Waals surface area contributed by atoms with Crippen molar-refractivity contribution in [1.82, 2.24) is 20.0 Å². The predicted octanol–water partition coefficient (Wildman–Crippen LogP) is 1.80. The van der Waals surface area contributed by atoms with E-state index in [4.69, 9.17) is 0 Å². The Balaban J connectivity index is 0.00000147. The van der Waals surface area contributed by atoms with Crippen molar-refractivity contribution in [3.63, 3.8) is 0 Å². The summed E-state index contributed by atoms with van der Waals surface area (Å²) in [7, 11) is 1.92. The van der Waals surface area contributed by atoms with Crippen molar-refractivity contribution in [3.05, 3.63) is 16.6 Å². The van der Waals surface area contributed by atoms with Crippen LogP contribution >= 0.6 is 23.7 Å². The summed E-state index contributed by atoms with van der Waals surface area (Å²) < 4.78 is 1.85. The molecule has 20 heavy (non-hydrogen) atoms. The zero-order valence-corrected chi connectivity index (χ0v) is 13.5. The minimum atomic E-state index is 0. The molecule has 3 rings (SSSR count). The maximum absolute atomic E-state index is 12.5. The molecule has 0 aromatic carbocycles. The van der Waals surface area contributed by atoms with Gasteiger partial charge in [-0.25, -0.2) is 0 Å². The molecule has 1 aliphatic rings. The van der Waals surface area contributed by atoms with Crippen LogP contribution < -0.4 is 5.32 Å². The highest BCUT2D eigenvalue weighted by Gasteiger charge is 2.24. The highest BCUT2D eigenvalue weighted by molar-refractivity contribution is 7.20. The van der Waals surface area contributed by atoms with Crippen LogP contribution in [0.3, 0.4) is 0 Å². The van der Waals surface area contributed by atoms with E-state index < -0.39 is 0 Å². The van der Waals surface area contributed by atoms with E-state index in [0.29, 0.717) is 6.04 Å². The van der Waals surface area contributed by atoms with Crippen LogP contribution in [0.2, 0.25) is 0 Å². The summed E-state index contributed by atoms with van der Waals surface area (Å²) in [4.78, 5) is 16.3. The molecule has 5 nitrogen and oxygen atoms in total. The molecule has 2 aromatic rings. The van der Waals surface area contributed by atoms with E-state index in [0.717, 1.165) is 40.4 Å². The second-order valence-corrected chi connectivity index (χ2v) is 6.18. The van der Waals surface area contributed by atoms with Gasteiger partial charge in [0.1, 0.15) is 4.83 Å². The van der Waals surface area contributed by atoms with Crippen LogP contribution in [0.25, 0.3) is 10.2 Å². The number of nitrogens with one attached hydrogen (secondary N) is 1. The van der Waals surface area contributed by atoms with Crippen LogP contribution in [0, 0.1) is 6.92 Å². The molecular weight excluding hydrogens is 296 g/mol. The van der Waals surface area contributed by atoms with E-state index in [2.05, 4.69) is 17.3 Å². The average molecular weight is 315 g/mol. The zero-order chi connectivity index (χ0) is 13.6. The maximum Gasteiger partial charge on any atom is 0.264 e. The van der Waals surface area contributed by atoms with E-state index in [1.807, 2.05) is 29.6 Å². The van der Waals surface area contributed by atoms with E-state index in [-0.39, 0.29) is 18.3 Å². The van der Waals surface area contributed by atoms with Gasteiger partial charge in [0.05, 0.1) is 10.6 Å². The number of carbonyl (C=O) groups is 1. The number of thiophene rings is 1. The molecule has 0 aliphatic carbocycles. The van der Waals surface area contributed by atoms with E-state index >= 15 is 0 Å². The monoisotopic (exact) mass is 314 g/mol. The number of nitrogens with zero attached hydrogens (tertiary/aromatic N) is 3. The van der Waals surface area contributed by atoms with Gasteiger partial charge in [-0.2, -0.15) is 5.10 Å². The normalized spacial score (nSPS) is 19.1. The number of carbonyl (C=O) groups excluding carboxylic acids is 1. The van der Waals surface area contributed by atoms with Crippen LogP contribution in [0.4, 0.5) is 0 Å². The minimum absolute atomic E-state index is 0. The Kier molecular flexibility index (Phi) is 4.36. The van der Waals surface area contributed by atoms with Crippen LogP contribution in [-0.2, 0) is 7.05 Å². The first-order valence-electron chi connectivity index (χ1n) is 6.52. The molecule has 1 fully saturated rings. The molecular formula is C13H19ClN4OS. The number of halogens is 1. The van der Waals surface area contributed by atoms with Gasteiger partial charge in [0.2, 0.25) is 0 Å². The van der Waals surface area contributed by atoms with Crippen molar-refractivity contribution in [2.24, 2.45) is 7.05 Å². The maximum atomic E-state index is 12.5. The molecule has 3 heterocycles. The number of hydrogen-bond donors (Lipinski definition) is 1. The molecule has 1 amide bonds. The summed E-state index contributed by atoms with van der Waals surface area (Å²) >= 11 is 1.54. The van der Waals surface area contributed by atoms with Gasteiger partial charge < -0.3 is 10.2 Å². The van der Waals surface area contributed by atoms with E-state index in [1.54, 1.807) is 0 Å². The second kappa shape index (κ2) is 5.71. The topological polar surface area (TPSA) is 50.2 Å². The lowest BCUT2D eigenvalue weighted by Gasteiger charge is -2.31. The first-order valence-corrected chi connectivity index (χ1v) is 7.33. The molecule has 2 aromatic heterocycles. The van der Waals surface area contributed by atoms with Gasteiger partial charge in [-0.15, -0.1) is 23.7 Å². The fourth-order valence-corrected chi connectivity index (χ4v) is 3.67. The average Bonchev–Trinajstić information content (AvgIpc) is 2.92. The highest BCUT2D eigenvalue weighted by Crippen LogP contribution is 2.28. The predicted molar refractivity (Wildman–Crippen MR) is 83.9 cm³/mol. The lowest BCUT2D eigenvalue weighted by molar-refractivity contribution is 0.0714. The third-order valence-electron chi connectivity index (χ3n) is 3.56. The van der Waals surface area contributed by atoms with Gasteiger partial charge in [0.25, 0.3) is 5.91 Å². The fraction of sp³-hybridized carbons (Fsp3) is 0.538. The van der Waals surface area contributed by atoms with Crippen LogP contribution in [-0.4, -0.2) is 46.3 Å². The molecule has 1 saturated heterocycles. The molecule has 0 saturated carbocycles.